The maximum Gasteiger partial charge on any atom is 0.323 e. The van der Waals surface area contributed by atoms with E-state index in [0.29, 0.717) is 18.1 Å². The second-order valence-corrected chi connectivity index (χ2v) is 9.22. The van der Waals surface area contributed by atoms with E-state index in [1.165, 1.54) is 6.92 Å². The number of pyridine rings is 1. The number of hydrogen-bond acceptors (Lipinski definition) is 6. The Kier molecular flexibility index (Phi) is 7.16. The molecule has 1 aliphatic heterocycles. The van der Waals surface area contributed by atoms with Gasteiger partial charge in [-0.1, -0.05) is 6.07 Å². The number of aliphatic hydroxyl groups excluding tert-OH is 1. The number of fused-ring (bicyclic) bond motifs is 1. The smallest absolute Gasteiger partial charge is 0.323 e. The molecule has 1 fully saturated rings. The highest BCUT2D eigenvalue weighted by Crippen LogP contribution is 2.28. The predicted octanol–water partition coefficient (Wildman–Crippen LogP) is 2.06. The van der Waals surface area contributed by atoms with Gasteiger partial charge < -0.3 is 24.1 Å². The molecular formula is C25H32N4O5. The van der Waals surface area contributed by atoms with Crippen LogP contribution in [0.3, 0.4) is 0 Å². The molecule has 34 heavy (non-hydrogen) atoms. The van der Waals surface area contributed by atoms with Crippen LogP contribution < -0.4 is 10.9 Å². The number of carbonyl (C=O) groups is 1. The van der Waals surface area contributed by atoms with Crippen molar-refractivity contribution in [3.05, 3.63) is 51.9 Å². The van der Waals surface area contributed by atoms with Crippen molar-refractivity contribution in [3.63, 3.8) is 0 Å². The van der Waals surface area contributed by atoms with E-state index in [-0.39, 0.29) is 12.1 Å². The molecule has 0 radical (unpaired) electrons. The Hall–Kier alpha value is -3.01. The predicted molar refractivity (Wildman–Crippen MR) is 129 cm³/mol. The van der Waals surface area contributed by atoms with Gasteiger partial charge in [0.2, 0.25) is 0 Å². The van der Waals surface area contributed by atoms with E-state index in [9.17, 15) is 19.8 Å². The van der Waals surface area contributed by atoms with Crippen LogP contribution in [0.1, 0.15) is 30.9 Å². The lowest BCUT2D eigenvalue weighted by Crippen LogP contribution is -2.44. The number of ether oxygens (including phenoxy) is 1. The first kappa shape index (κ1) is 24.1. The minimum atomic E-state index is -1.09. The first-order chi connectivity index (χ1) is 16.2. The van der Waals surface area contributed by atoms with Crippen LogP contribution >= 0.6 is 0 Å². The first-order valence-electron chi connectivity index (χ1n) is 11.6. The molecule has 3 N–H and O–H groups in total. The minimum absolute atomic E-state index is 0.0356. The third-order valence-electron chi connectivity index (χ3n) is 6.40. The van der Waals surface area contributed by atoms with Crippen LogP contribution in [0.25, 0.3) is 22.4 Å². The number of aromatic nitrogens is 3. The Morgan fingerprint density at radius 2 is 2.15 bits per heavy atom. The van der Waals surface area contributed by atoms with Crippen molar-refractivity contribution in [2.45, 2.75) is 51.9 Å². The number of aliphatic hydroxyl groups is 1. The van der Waals surface area contributed by atoms with Crippen molar-refractivity contribution in [2.24, 2.45) is 13.0 Å². The maximum atomic E-state index is 12.2. The van der Waals surface area contributed by atoms with Crippen molar-refractivity contribution in [3.8, 4) is 11.4 Å². The van der Waals surface area contributed by atoms with Gasteiger partial charge >= 0.3 is 5.97 Å². The number of carboxylic acid groups (broad SMARTS) is 1. The lowest BCUT2D eigenvalue weighted by Gasteiger charge is -2.23. The van der Waals surface area contributed by atoms with E-state index in [1.54, 1.807) is 18.5 Å². The molecule has 1 aromatic carbocycles. The fraction of sp³-hybridized carbons (Fsp3) is 0.480. The highest BCUT2D eigenvalue weighted by molar-refractivity contribution is 5.81. The van der Waals surface area contributed by atoms with Gasteiger partial charge in [0.15, 0.2) is 0 Å². The van der Waals surface area contributed by atoms with Crippen LogP contribution in [0, 0.1) is 12.8 Å². The molecule has 0 spiro atoms. The van der Waals surface area contributed by atoms with Gasteiger partial charge in [0.25, 0.3) is 5.56 Å². The fourth-order valence-electron chi connectivity index (χ4n) is 4.59. The number of nitrogens with zero attached hydrogens (tertiary/aromatic N) is 3. The number of imidazole rings is 1. The Labute approximate surface area is 198 Å². The summed E-state index contributed by atoms with van der Waals surface area (Å²) in [7, 11) is 1.74. The molecule has 4 rings (SSSR count). The van der Waals surface area contributed by atoms with E-state index in [4.69, 9.17) is 9.72 Å². The molecule has 0 aliphatic carbocycles. The number of hydrogen-bond donors (Lipinski definition) is 3. The molecule has 0 unspecified atom stereocenters. The lowest BCUT2D eigenvalue weighted by molar-refractivity contribution is -0.142. The molecule has 3 aromatic rings. The van der Waals surface area contributed by atoms with E-state index in [1.807, 2.05) is 30.5 Å². The fourth-order valence-corrected chi connectivity index (χ4v) is 4.59. The summed E-state index contributed by atoms with van der Waals surface area (Å²) in [5, 5.41) is 21.9. The quantitative estimate of drug-likeness (QED) is 0.463. The van der Waals surface area contributed by atoms with Gasteiger partial charge in [-0.05, 0) is 50.5 Å². The first-order valence-corrected chi connectivity index (χ1v) is 11.6. The van der Waals surface area contributed by atoms with E-state index >= 15 is 0 Å². The molecular weight excluding hydrogens is 436 g/mol. The molecule has 9 heteroatoms. The molecule has 1 saturated heterocycles. The highest BCUT2D eigenvalue weighted by Gasteiger charge is 2.23. The Morgan fingerprint density at radius 3 is 2.79 bits per heavy atom. The molecule has 3 atom stereocenters. The summed E-state index contributed by atoms with van der Waals surface area (Å²) in [6.07, 6.45) is 2.92. The number of aryl methyl sites for hydroxylation is 2. The zero-order valence-electron chi connectivity index (χ0n) is 19.8. The van der Waals surface area contributed by atoms with Crippen LogP contribution in [-0.4, -0.2) is 55.7 Å². The molecule has 182 valence electrons. The SMILES string of the molecule is Cc1cc(-c2nc3cc(CN[C@H](C(=O)O)[C@@H](C)O)ccc3n2C[C@H]2CCCOC2)cn(C)c1=O. The van der Waals surface area contributed by atoms with Crippen molar-refractivity contribution in [1.82, 2.24) is 19.4 Å². The van der Waals surface area contributed by atoms with Gasteiger partial charge in [-0.3, -0.25) is 14.9 Å². The number of nitrogens with one attached hydrogen (secondary N) is 1. The molecule has 9 nitrogen and oxygen atoms in total. The highest BCUT2D eigenvalue weighted by atomic mass is 16.5. The minimum Gasteiger partial charge on any atom is -0.480 e. The standard InChI is InChI=1S/C25H32N4O5/c1-15-9-19(13-28(3)24(15)31)23-27-20-10-17(11-26-22(16(2)30)25(32)33)6-7-21(20)29(23)12-18-5-4-8-34-14-18/h6-7,9-10,13,16,18,22,26,30H,4-5,8,11-12,14H2,1-3H3,(H,32,33)/t16-,18-,22+/m1/s1. The summed E-state index contributed by atoms with van der Waals surface area (Å²) in [5.74, 6) is 0.0708. The van der Waals surface area contributed by atoms with Gasteiger partial charge in [0.1, 0.15) is 11.9 Å². The Morgan fingerprint density at radius 1 is 1.35 bits per heavy atom. The Bertz CT molecular complexity index is 1210. The van der Waals surface area contributed by atoms with Crippen molar-refractivity contribution in [1.29, 1.82) is 0 Å². The summed E-state index contributed by atoms with van der Waals surface area (Å²) >= 11 is 0. The maximum absolute atomic E-state index is 12.2. The second-order valence-electron chi connectivity index (χ2n) is 9.22. The average molecular weight is 469 g/mol. The Balaban J connectivity index is 1.72. The summed E-state index contributed by atoms with van der Waals surface area (Å²) in [4.78, 5) is 28.6. The monoisotopic (exact) mass is 468 g/mol. The van der Waals surface area contributed by atoms with Crippen LogP contribution in [0.5, 0.6) is 0 Å². The van der Waals surface area contributed by atoms with Gasteiger partial charge in [0.05, 0.1) is 23.7 Å². The van der Waals surface area contributed by atoms with Gasteiger partial charge in [-0.25, -0.2) is 4.98 Å². The molecule has 0 amide bonds. The van der Waals surface area contributed by atoms with Gasteiger partial charge in [-0.15, -0.1) is 0 Å². The van der Waals surface area contributed by atoms with Crippen molar-refractivity contribution < 1.29 is 19.7 Å². The molecule has 0 bridgehead atoms. The topological polar surface area (TPSA) is 119 Å². The third kappa shape index (κ3) is 5.06. The summed E-state index contributed by atoms with van der Waals surface area (Å²) in [6, 6.07) is 6.71. The van der Waals surface area contributed by atoms with Crippen molar-refractivity contribution in [2.75, 3.05) is 13.2 Å². The largest absolute Gasteiger partial charge is 0.480 e. The number of rotatable bonds is 8. The number of carboxylic acids is 1. The number of benzene rings is 1. The number of aliphatic carboxylic acids is 1. The summed E-state index contributed by atoms with van der Waals surface area (Å²) in [6.45, 7) is 5.81. The molecule has 1 aliphatic rings. The van der Waals surface area contributed by atoms with Crippen molar-refractivity contribution >= 4 is 17.0 Å². The second kappa shape index (κ2) is 10.1. The van der Waals surface area contributed by atoms with Crippen LogP contribution in [0.4, 0.5) is 0 Å². The zero-order valence-corrected chi connectivity index (χ0v) is 19.8. The third-order valence-corrected chi connectivity index (χ3v) is 6.40. The van der Waals surface area contributed by atoms with Gasteiger partial charge in [-0.2, -0.15) is 0 Å². The lowest BCUT2D eigenvalue weighted by atomic mass is 10.0. The van der Waals surface area contributed by atoms with E-state index in [2.05, 4.69) is 9.88 Å². The van der Waals surface area contributed by atoms with Gasteiger partial charge in [0, 0.05) is 50.0 Å². The molecule has 2 aromatic heterocycles. The van der Waals surface area contributed by atoms with Crippen LogP contribution in [0.2, 0.25) is 0 Å². The van der Waals surface area contributed by atoms with Crippen LogP contribution in [-0.2, 0) is 29.7 Å². The van der Waals surface area contributed by atoms with Crippen LogP contribution in [0.15, 0.2) is 35.3 Å². The van der Waals surface area contributed by atoms with E-state index in [0.717, 1.165) is 54.0 Å². The normalized spacial score (nSPS) is 18.2. The summed E-state index contributed by atoms with van der Waals surface area (Å²) < 4.78 is 9.47. The molecule has 3 heterocycles. The van der Waals surface area contributed by atoms with E-state index < -0.39 is 18.1 Å². The summed E-state index contributed by atoms with van der Waals surface area (Å²) in [5.41, 5.74) is 4.12. The zero-order chi connectivity index (χ0) is 24.4. The molecule has 0 saturated carbocycles. The average Bonchev–Trinajstić information content (AvgIpc) is 3.15.